The second kappa shape index (κ2) is 23.9. The van der Waals surface area contributed by atoms with E-state index >= 15 is 0 Å². The summed E-state index contributed by atoms with van der Waals surface area (Å²) in [4.78, 5) is 0. The van der Waals surface area contributed by atoms with Crippen molar-refractivity contribution in [3.63, 3.8) is 0 Å². The number of nitrogens with zero attached hydrogens (tertiary/aromatic N) is 1. The molecule has 386 valence electrons. The zero-order valence-corrected chi connectivity index (χ0v) is 46.7. The van der Waals surface area contributed by atoms with E-state index in [0.717, 1.165) is 66.8 Å². The maximum absolute atomic E-state index is 6.00. The number of fused-ring (bicyclic) bond motifs is 9. The summed E-state index contributed by atoms with van der Waals surface area (Å²) < 4.78 is 14.3. The Labute approximate surface area is 451 Å². The van der Waals surface area contributed by atoms with Crippen molar-refractivity contribution in [2.75, 3.05) is 14.2 Å². The summed E-state index contributed by atoms with van der Waals surface area (Å²) in [6, 6.07) is 38.5. The minimum absolute atomic E-state index is 0.110. The molecule has 0 amide bonds. The fraction of sp³-hybridized carbons (Fsp3) is 0.417. The lowest BCUT2D eigenvalue weighted by molar-refractivity contribution is 0.393. The molecule has 1 atom stereocenters. The molecule has 2 aliphatic rings. The van der Waals surface area contributed by atoms with E-state index < -0.39 is 5.41 Å². The highest BCUT2D eigenvalue weighted by atomic mass is 16.5. The van der Waals surface area contributed by atoms with E-state index in [-0.39, 0.29) is 5.41 Å². The van der Waals surface area contributed by atoms with E-state index in [1.807, 2.05) is 6.07 Å². The second-order valence-electron chi connectivity index (χ2n) is 22.0. The highest BCUT2D eigenvalue weighted by Gasteiger charge is 2.48. The largest absolute Gasteiger partial charge is 0.496 e. The van der Waals surface area contributed by atoms with Crippen LogP contribution in [0, 0.1) is 49.9 Å². The first-order valence-corrected chi connectivity index (χ1v) is 28.9. The molecule has 7 aromatic rings. The van der Waals surface area contributed by atoms with Gasteiger partial charge in [-0.3, -0.25) is 0 Å². The zero-order valence-electron chi connectivity index (χ0n) is 46.7. The van der Waals surface area contributed by atoms with Crippen LogP contribution in [0.5, 0.6) is 11.5 Å². The van der Waals surface area contributed by atoms with Crippen molar-refractivity contribution in [1.82, 2.24) is 4.57 Å². The monoisotopic (exact) mass is 992 g/mol. The van der Waals surface area contributed by atoms with Crippen molar-refractivity contribution < 1.29 is 9.47 Å². The molecule has 1 aromatic heterocycles. The standard InChI is InChI=1S/C72H81NO2/c1-10-15-20-25-38-71(39-26-21-16-11-2)63-43-51(6)30-34-56(63)59-48-66-60(49-65(59)71)57-35-31-54(47-64(57)72(66,40-27-22-17-12-3)41-28-23-18-13-4)53-32-36-67-61(45-53)62-46-55(33-37-68(62)73(67)42-29-24-19-14-5)58-44-52(7)69(74-8)50-70(58)75-9/h1,30-37,43-50H,11-14,16-19,21-24,26-29,39-42H2,2-9H3. The summed E-state index contributed by atoms with van der Waals surface area (Å²) in [6.45, 7) is 14.6. The van der Waals surface area contributed by atoms with Gasteiger partial charge >= 0.3 is 0 Å². The minimum atomic E-state index is -0.474. The summed E-state index contributed by atoms with van der Waals surface area (Å²) in [5, 5.41) is 2.58. The smallest absolute Gasteiger partial charge is 0.130 e. The van der Waals surface area contributed by atoms with Crippen LogP contribution in [-0.4, -0.2) is 18.8 Å². The van der Waals surface area contributed by atoms with Gasteiger partial charge in [-0.05, 0) is 179 Å². The van der Waals surface area contributed by atoms with E-state index in [4.69, 9.17) is 15.9 Å². The third kappa shape index (κ3) is 10.3. The molecule has 2 aliphatic carbocycles. The molecule has 1 heterocycles. The average Bonchev–Trinajstić information content (AvgIpc) is 4.12. The fourth-order valence-corrected chi connectivity index (χ4v) is 13.2. The Hall–Kier alpha value is -6.60. The van der Waals surface area contributed by atoms with Gasteiger partial charge in [0.05, 0.1) is 19.6 Å². The van der Waals surface area contributed by atoms with Gasteiger partial charge in [0, 0.05) is 45.4 Å². The summed E-state index contributed by atoms with van der Waals surface area (Å²) in [5.74, 6) is 17.2. The first-order valence-electron chi connectivity index (χ1n) is 28.9. The predicted octanol–water partition coefficient (Wildman–Crippen LogP) is 19.4. The highest BCUT2D eigenvalue weighted by molar-refractivity contribution is 6.11. The quantitative estimate of drug-likeness (QED) is 0.0445. The van der Waals surface area contributed by atoms with Crippen LogP contribution >= 0.6 is 0 Å². The lowest BCUT2D eigenvalue weighted by atomic mass is 9.69. The molecular weight excluding hydrogens is 911 g/mol. The number of unbranched alkanes of at least 4 members (excludes halogenated alkanes) is 12. The first-order chi connectivity index (χ1) is 36.7. The van der Waals surface area contributed by atoms with E-state index in [2.05, 4.69) is 167 Å². The van der Waals surface area contributed by atoms with Gasteiger partial charge in [0.1, 0.15) is 11.5 Å². The van der Waals surface area contributed by atoms with Crippen LogP contribution in [0.1, 0.15) is 183 Å². The number of hydrogen-bond donors (Lipinski definition) is 0. The molecule has 9 rings (SSSR count). The Kier molecular flexibility index (Phi) is 17.0. The molecule has 3 nitrogen and oxygen atoms in total. The number of aryl methyl sites for hydroxylation is 3. The molecule has 0 N–H and O–H groups in total. The van der Waals surface area contributed by atoms with Crippen LogP contribution in [0.3, 0.4) is 0 Å². The van der Waals surface area contributed by atoms with Crippen molar-refractivity contribution in [2.24, 2.45) is 0 Å². The van der Waals surface area contributed by atoms with Crippen molar-refractivity contribution in [3.05, 3.63) is 130 Å². The van der Waals surface area contributed by atoms with Crippen molar-refractivity contribution >= 4 is 21.8 Å². The minimum Gasteiger partial charge on any atom is -0.496 e. The SMILES string of the molecule is C#CC#CC#CC1(CCCCCC)c2cc(C)ccc2-c2cc3c(cc21)-c1ccc(-c2ccc4c(c2)c2cc(-c5cc(C)c(OC)cc5OC)ccc2n4CCCCCC)cc1C3(CCCCCC)CCCCCC. The van der Waals surface area contributed by atoms with Crippen LogP contribution in [0.25, 0.3) is 66.3 Å². The molecule has 0 spiro atoms. The average molecular weight is 992 g/mol. The lowest BCUT2D eigenvalue weighted by Crippen LogP contribution is -2.26. The third-order valence-electron chi connectivity index (χ3n) is 17.1. The highest BCUT2D eigenvalue weighted by Crippen LogP contribution is 2.60. The van der Waals surface area contributed by atoms with E-state index in [1.165, 1.54) is 173 Å². The maximum atomic E-state index is 6.00. The van der Waals surface area contributed by atoms with E-state index in [9.17, 15) is 0 Å². The normalized spacial score (nSPS) is 14.6. The molecule has 0 bridgehead atoms. The predicted molar refractivity (Wildman–Crippen MR) is 320 cm³/mol. The molecule has 75 heavy (non-hydrogen) atoms. The van der Waals surface area contributed by atoms with Gasteiger partial charge in [-0.15, -0.1) is 6.42 Å². The first kappa shape index (κ1) is 53.2. The Morgan fingerprint density at radius 3 is 1.64 bits per heavy atom. The van der Waals surface area contributed by atoms with Crippen molar-refractivity contribution in [3.8, 4) is 92.0 Å². The number of rotatable bonds is 24. The van der Waals surface area contributed by atoms with Gasteiger partial charge in [-0.25, -0.2) is 0 Å². The molecule has 0 saturated carbocycles. The number of ether oxygens (including phenoxy) is 2. The summed E-state index contributed by atoms with van der Waals surface area (Å²) in [5.41, 5.74) is 20.3. The second-order valence-corrected chi connectivity index (χ2v) is 22.0. The van der Waals surface area contributed by atoms with Gasteiger partial charge in [0.2, 0.25) is 0 Å². The molecule has 0 fully saturated rings. The van der Waals surface area contributed by atoms with Crippen molar-refractivity contribution in [2.45, 2.75) is 181 Å². The molecule has 6 aromatic carbocycles. The maximum Gasteiger partial charge on any atom is 0.130 e. The molecule has 3 heteroatoms. The van der Waals surface area contributed by atoms with Gasteiger partial charge in [0.25, 0.3) is 0 Å². The zero-order chi connectivity index (χ0) is 52.5. The van der Waals surface area contributed by atoms with Crippen LogP contribution in [0.2, 0.25) is 0 Å². The van der Waals surface area contributed by atoms with E-state index in [0.29, 0.717) is 0 Å². The number of aromatic nitrogens is 1. The number of hydrogen-bond acceptors (Lipinski definition) is 2. The van der Waals surface area contributed by atoms with Crippen LogP contribution in [-0.2, 0) is 17.4 Å². The third-order valence-corrected chi connectivity index (χ3v) is 17.1. The molecular formula is C72H81NO2. The lowest BCUT2D eigenvalue weighted by Gasteiger charge is -2.34. The Bertz CT molecular complexity index is 3360. The Morgan fingerprint density at radius 2 is 0.987 bits per heavy atom. The van der Waals surface area contributed by atoms with Gasteiger partial charge < -0.3 is 14.0 Å². The molecule has 1 unspecified atom stereocenters. The number of benzene rings is 6. The van der Waals surface area contributed by atoms with Gasteiger partial charge in [-0.2, -0.15) is 0 Å². The van der Waals surface area contributed by atoms with Crippen LogP contribution in [0.4, 0.5) is 0 Å². The number of terminal acetylenes is 1. The van der Waals surface area contributed by atoms with Gasteiger partial charge in [-0.1, -0.05) is 178 Å². The Morgan fingerprint density at radius 1 is 0.453 bits per heavy atom. The molecule has 0 aliphatic heterocycles. The van der Waals surface area contributed by atoms with Gasteiger partial charge in [0.15, 0.2) is 0 Å². The van der Waals surface area contributed by atoms with E-state index in [1.54, 1.807) is 14.2 Å². The fourth-order valence-electron chi connectivity index (χ4n) is 13.2. The summed E-state index contributed by atoms with van der Waals surface area (Å²) in [6.07, 6.45) is 28.4. The summed E-state index contributed by atoms with van der Waals surface area (Å²) >= 11 is 0. The van der Waals surface area contributed by atoms with Crippen LogP contribution in [0.15, 0.2) is 97.1 Å². The topological polar surface area (TPSA) is 23.4 Å². The molecule has 0 radical (unpaired) electrons. The Balaban J connectivity index is 1.25. The van der Waals surface area contributed by atoms with Crippen LogP contribution < -0.4 is 9.47 Å². The summed E-state index contributed by atoms with van der Waals surface area (Å²) in [7, 11) is 3.48. The molecule has 0 saturated heterocycles. The number of methoxy groups -OCH3 is 2. The van der Waals surface area contributed by atoms with Crippen molar-refractivity contribution in [1.29, 1.82) is 0 Å².